The van der Waals surface area contributed by atoms with Gasteiger partial charge in [-0.25, -0.2) is 4.79 Å². The second-order valence-corrected chi connectivity index (χ2v) is 6.76. The summed E-state index contributed by atoms with van der Waals surface area (Å²) >= 11 is 5.64. The molecule has 0 bridgehead atoms. The van der Waals surface area contributed by atoms with Crippen LogP contribution in [0.3, 0.4) is 0 Å². The number of carbonyl (C=O) groups excluding carboxylic acids is 2. The van der Waals surface area contributed by atoms with E-state index in [4.69, 9.17) is 21.1 Å². The molecule has 146 valence electrons. The molecule has 0 radical (unpaired) electrons. The summed E-state index contributed by atoms with van der Waals surface area (Å²) in [5.41, 5.74) is 0.886. The Balaban J connectivity index is 2.52. The standard InChI is InChI=1S/C18H28ClN3O4/c1-11(2)26-15-7-6-14(10-16(15)25-5)13(4)22-18(24)21-9-8-20-17(23)12(3)19/h6-7,10-13H,8-9H2,1-5H3,(H,20,23)(H2,21,22,24)/t12-,13-/m1/s1. The fourth-order valence-electron chi connectivity index (χ4n) is 2.14. The SMILES string of the molecule is COc1cc([C@@H](C)NC(=O)NCCNC(=O)[C@@H](C)Cl)ccc1OC(C)C. The molecule has 1 rings (SSSR count). The Labute approximate surface area is 159 Å². The lowest BCUT2D eigenvalue weighted by Crippen LogP contribution is -2.42. The van der Waals surface area contributed by atoms with Crippen LogP contribution < -0.4 is 25.4 Å². The number of methoxy groups -OCH3 is 1. The molecule has 1 aromatic carbocycles. The van der Waals surface area contributed by atoms with Gasteiger partial charge in [-0.1, -0.05) is 6.07 Å². The summed E-state index contributed by atoms with van der Waals surface area (Å²) in [6, 6.07) is 4.99. The quantitative estimate of drug-likeness (QED) is 0.450. The van der Waals surface area contributed by atoms with Gasteiger partial charge in [0, 0.05) is 13.1 Å². The van der Waals surface area contributed by atoms with E-state index in [9.17, 15) is 9.59 Å². The second-order valence-electron chi connectivity index (χ2n) is 6.11. The zero-order valence-electron chi connectivity index (χ0n) is 15.9. The van der Waals surface area contributed by atoms with Gasteiger partial charge in [-0.05, 0) is 45.4 Å². The predicted octanol–water partition coefficient (Wildman–Crippen LogP) is 2.59. The Bertz CT molecular complexity index is 608. The third-order valence-corrected chi connectivity index (χ3v) is 3.67. The van der Waals surface area contributed by atoms with Crippen LogP contribution in [0.4, 0.5) is 4.79 Å². The summed E-state index contributed by atoms with van der Waals surface area (Å²) < 4.78 is 11.0. The molecule has 3 N–H and O–H groups in total. The number of hydrogen-bond acceptors (Lipinski definition) is 4. The molecule has 1 aromatic rings. The summed E-state index contributed by atoms with van der Waals surface area (Å²) in [7, 11) is 1.58. The van der Waals surface area contributed by atoms with Crippen LogP contribution in [0.1, 0.15) is 39.3 Å². The topological polar surface area (TPSA) is 88.7 Å². The number of rotatable bonds is 9. The van der Waals surface area contributed by atoms with E-state index < -0.39 is 5.38 Å². The third-order valence-electron chi connectivity index (χ3n) is 3.47. The zero-order valence-corrected chi connectivity index (χ0v) is 16.6. The molecular weight excluding hydrogens is 358 g/mol. The Morgan fingerprint density at radius 1 is 1.08 bits per heavy atom. The van der Waals surface area contributed by atoms with Crippen molar-refractivity contribution in [3.63, 3.8) is 0 Å². The molecule has 0 aromatic heterocycles. The smallest absolute Gasteiger partial charge is 0.315 e. The maximum absolute atomic E-state index is 12.0. The first-order chi connectivity index (χ1) is 12.2. The normalized spacial score (nSPS) is 12.9. The number of urea groups is 1. The Morgan fingerprint density at radius 2 is 1.73 bits per heavy atom. The molecule has 0 unspecified atom stereocenters. The van der Waals surface area contributed by atoms with Crippen LogP contribution in [0.25, 0.3) is 0 Å². The van der Waals surface area contributed by atoms with E-state index in [1.54, 1.807) is 14.0 Å². The summed E-state index contributed by atoms with van der Waals surface area (Å²) in [6.07, 6.45) is 0.0401. The highest BCUT2D eigenvalue weighted by molar-refractivity contribution is 6.30. The van der Waals surface area contributed by atoms with Gasteiger partial charge >= 0.3 is 6.03 Å². The van der Waals surface area contributed by atoms with E-state index in [0.717, 1.165) is 5.56 Å². The summed E-state index contributed by atoms with van der Waals surface area (Å²) in [5, 5.41) is 7.53. The van der Waals surface area contributed by atoms with Crippen molar-refractivity contribution < 1.29 is 19.1 Å². The number of ether oxygens (including phenoxy) is 2. The van der Waals surface area contributed by atoms with Crippen LogP contribution in [0, 0.1) is 0 Å². The van der Waals surface area contributed by atoms with Crippen LogP contribution >= 0.6 is 11.6 Å². The van der Waals surface area contributed by atoms with Crippen molar-refractivity contribution in [1.82, 2.24) is 16.0 Å². The number of hydrogen-bond donors (Lipinski definition) is 3. The molecule has 0 spiro atoms. The molecule has 0 heterocycles. The van der Waals surface area contributed by atoms with E-state index in [0.29, 0.717) is 24.6 Å². The zero-order chi connectivity index (χ0) is 19.7. The summed E-state index contributed by atoms with van der Waals surface area (Å²) in [4.78, 5) is 23.3. The van der Waals surface area contributed by atoms with E-state index in [-0.39, 0.29) is 24.1 Å². The molecule has 8 heteroatoms. The molecule has 7 nitrogen and oxygen atoms in total. The highest BCUT2D eigenvalue weighted by Gasteiger charge is 2.14. The fraction of sp³-hybridized carbons (Fsp3) is 0.556. The van der Waals surface area contributed by atoms with Gasteiger partial charge in [-0.3, -0.25) is 4.79 Å². The van der Waals surface area contributed by atoms with Crippen molar-refractivity contribution in [2.45, 2.75) is 45.2 Å². The highest BCUT2D eigenvalue weighted by Crippen LogP contribution is 2.31. The van der Waals surface area contributed by atoms with Gasteiger partial charge in [0.25, 0.3) is 0 Å². The van der Waals surface area contributed by atoms with Gasteiger partial charge in [0.15, 0.2) is 11.5 Å². The van der Waals surface area contributed by atoms with E-state index in [1.165, 1.54) is 0 Å². The lowest BCUT2D eigenvalue weighted by Gasteiger charge is -2.18. The van der Waals surface area contributed by atoms with Gasteiger partial charge in [0.1, 0.15) is 5.38 Å². The Morgan fingerprint density at radius 3 is 2.31 bits per heavy atom. The van der Waals surface area contributed by atoms with Crippen LogP contribution in [0.2, 0.25) is 0 Å². The Hall–Kier alpha value is -2.15. The summed E-state index contributed by atoms with van der Waals surface area (Å²) in [5.74, 6) is 1.01. The van der Waals surface area contributed by atoms with Gasteiger partial charge < -0.3 is 25.4 Å². The molecule has 2 atom stereocenters. The first kappa shape index (κ1) is 21.9. The first-order valence-corrected chi connectivity index (χ1v) is 8.99. The van der Waals surface area contributed by atoms with Gasteiger partial charge in [-0.15, -0.1) is 11.6 Å². The third kappa shape index (κ3) is 7.39. The number of alkyl halides is 1. The van der Waals surface area contributed by atoms with E-state index >= 15 is 0 Å². The largest absolute Gasteiger partial charge is 0.493 e. The first-order valence-electron chi connectivity index (χ1n) is 8.55. The highest BCUT2D eigenvalue weighted by atomic mass is 35.5. The van der Waals surface area contributed by atoms with Crippen molar-refractivity contribution in [2.24, 2.45) is 0 Å². The maximum Gasteiger partial charge on any atom is 0.315 e. The average molecular weight is 386 g/mol. The van der Waals surface area contributed by atoms with E-state index in [2.05, 4.69) is 16.0 Å². The minimum atomic E-state index is -0.596. The molecule has 0 fully saturated rings. The van der Waals surface area contributed by atoms with Crippen molar-refractivity contribution in [1.29, 1.82) is 0 Å². The predicted molar refractivity (Wildman–Crippen MR) is 102 cm³/mol. The van der Waals surface area contributed by atoms with Crippen molar-refractivity contribution >= 4 is 23.5 Å². The lowest BCUT2D eigenvalue weighted by molar-refractivity contribution is -0.120. The number of nitrogens with one attached hydrogen (secondary N) is 3. The molecule has 0 aliphatic rings. The van der Waals surface area contributed by atoms with Crippen LogP contribution in [0.15, 0.2) is 18.2 Å². The molecule has 0 aliphatic heterocycles. The molecule has 0 saturated heterocycles. The van der Waals surface area contributed by atoms with Crippen LogP contribution in [-0.2, 0) is 4.79 Å². The maximum atomic E-state index is 12.0. The van der Waals surface area contributed by atoms with Crippen LogP contribution in [0.5, 0.6) is 11.5 Å². The number of carbonyl (C=O) groups is 2. The number of benzene rings is 1. The lowest BCUT2D eigenvalue weighted by atomic mass is 10.1. The molecule has 0 aliphatic carbocycles. The molecule has 3 amide bonds. The number of amides is 3. The van der Waals surface area contributed by atoms with Crippen molar-refractivity contribution in [2.75, 3.05) is 20.2 Å². The van der Waals surface area contributed by atoms with Gasteiger partial charge in [0.05, 0.1) is 19.3 Å². The fourth-order valence-corrected chi connectivity index (χ4v) is 2.22. The molecule has 26 heavy (non-hydrogen) atoms. The average Bonchev–Trinajstić information content (AvgIpc) is 2.58. The van der Waals surface area contributed by atoms with Gasteiger partial charge in [0.2, 0.25) is 5.91 Å². The van der Waals surface area contributed by atoms with Crippen molar-refractivity contribution in [3.8, 4) is 11.5 Å². The van der Waals surface area contributed by atoms with Crippen molar-refractivity contribution in [3.05, 3.63) is 23.8 Å². The Kier molecular flexibility index (Phi) is 9.05. The molecule has 0 saturated carbocycles. The van der Waals surface area contributed by atoms with E-state index in [1.807, 2.05) is 39.0 Å². The number of halogens is 1. The minimum absolute atomic E-state index is 0.0401. The van der Waals surface area contributed by atoms with Crippen LogP contribution in [-0.4, -0.2) is 43.6 Å². The monoisotopic (exact) mass is 385 g/mol. The summed E-state index contributed by atoms with van der Waals surface area (Å²) in [6.45, 7) is 7.96. The molecular formula is C18H28ClN3O4. The minimum Gasteiger partial charge on any atom is -0.493 e. The second kappa shape index (κ2) is 10.8. The van der Waals surface area contributed by atoms with Gasteiger partial charge in [-0.2, -0.15) is 0 Å².